The lowest BCUT2D eigenvalue weighted by Gasteiger charge is -2.33. The summed E-state index contributed by atoms with van der Waals surface area (Å²) in [6, 6.07) is 16.2. The van der Waals surface area contributed by atoms with Gasteiger partial charge < -0.3 is 30.2 Å². The summed E-state index contributed by atoms with van der Waals surface area (Å²) in [6.07, 6.45) is 3.37. The molecule has 202 valence electrons. The largest absolute Gasteiger partial charge is 0.457 e. The topological polar surface area (TPSA) is 138 Å². The number of carbonyl (C=O) groups is 2. The molecule has 4 N–H and O–H groups in total. The van der Waals surface area contributed by atoms with E-state index in [-0.39, 0.29) is 24.0 Å². The van der Waals surface area contributed by atoms with E-state index in [2.05, 4.69) is 25.6 Å². The Hall–Kier alpha value is -4.28. The van der Waals surface area contributed by atoms with E-state index in [1.807, 2.05) is 37.3 Å². The Labute approximate surface area is 225 Å². The van der Waals surface area contributed by atoms with Crippen molar-refractivity contribution >= 4 is 28.5 Å². The summed E-state index contributed by atoms with van der Waals surface area (Å²) < 4.78 is 11.8. The summed E-state index contributed by atoms with van der Waals surface area (Å²) in [6.45, 7) is 3.70. The van der Waals surface area contributed by atoms with Crippen molar-refractivity contribution in [3.8, 4) is 11.5 Å². The Morgan fingerprint density at radius 1 is 1.05 bits per heavy atom. The van der Waals surface area contributed by atoms with Gasteiger partial charge >= 0.3 is 0 Å². The van der Waals surface area contributed by atoms with Crippen LogP contribution >= 0.6 is 0 Å². The fraction of sp³-hybridized carbons (Fsp3) is 0.310. The van der Waals surface area contributed by atoms with Gasteiger partial charge in [0.2, 0.25) is 5.91 Å². The van der Waals surface area contributed by atoms with Crippen LogP contribution in [-0.2, 0) is 9.53 Å². The van der Waals surface area contributed by atoms with E-state index in [1.54, 1.807) is 30.5 Å². The highest BCUT2D eigenvalue weighted by molar-refractivity contribution is 6.18. The second-order valence-electron chi connectivity index (χ2n) is 9.68. The number of aromatic nitrogens is 3. The molecule has 39 heavy (non-hydrogen) atoms. The number of para-hydroxylation sites is 1. The maximum atomic E-state index is 13.5. The Kier molecular flexibility index (Phi) is 7.85. The van der Waals surface area contributed by atoms with Gasteiger partial charge in [0, 0.05) is 11.8 Å². The van der Waals surface area contributed by atoms with Gasteiger partial charge in [0.05, 0.1) is 35.7 Å². The van der Waals surface area contributed by atoms with E-state index >= 15 is 0 Å². The van der Waals surface area contributed by atoms with Crippen LogP contribution in [0.25, 0.3) is 11.0 Å². The third-order valence-electron chi connectivity index (χ3n) is 6.77. The molecule has 3 heterocycles. The van der Waals surface area contributed by atoms with Gasteiger partial charge in [-0.15, -0.1) is 0 Å². The van der Waals surface area contributed by atoms with E-state index in [4.69, 9.17) is 9.47 Å². The lowest BCUT2D eigenvalue weighted by molar-refractivity contribution is -0.130. The number of nitrogens with zero attached hydrogens (tertiary/aromatic N) is 2. The van der Waals surface area contributed by atoms with Crippen molar-refractivity contribution in [1.29, 1.82) is 0 Å². The molecular formula is C29H31N5O5. The molecule has 0 bridgehead atoms. The Balaban J connectivity index is 1.27. The van der Waals surface area contributed by atoms with Crippen molar-refractivity contribution < 1.29 is 24.2 Å². The summed E-state index contributed by atoms with van der Waals surface area (Å²) in [5.74, 6) is 1.33. The minimum Gasteiger partial charge on any atom is -0.457 e. The molecule has 4 aromatic rings. The van der Waals surface area contributed by atoms with Gasteiger partial charge in [0.25, 0.3) is 0 Å². The summed E-state index contributed by atoms with van der Waals surface area (Å²) >= 11 is 0. The van der Waals surface area contributed by atoms with Crippen LogP contribution in [0.15, 0.2) is 67.1 Å². The molecule has 2 aromatic carbocycles. The SMILES string of the molecule is CC(O)C(=O)N[C@@H](C)[C@@H]1CC[C@@H](Nc2ncnc3[nH]cc(C(=O)c4ccc(Oc5ccccc5)cc4)c23)CO1. The van der Waals surface area contributed by atoms with Crippen molar-refractivity contribution in [1.82, 2.24) is 20.3 Å². The highest BCUT2D eigenvalue weighted by atomic mass is 16.5. The summed E-state index contributed by atoms with van der Waals surface area (Å²) in [5, 5.41) is 16.3. The minimum absolute atomic E-state index is 0.0358. The highest BCUT2D eigenvalue weighted by Gasteiger charge is 2.28. The number of aromatic amines is 1. The van der Waals surface area contributed by atoms with Crippen LogP contribution < -0.4 is 15.4 Å². The number of aliphatic hydroxyl groups excluding tert-OH is 1. The predicted molar refractivity (Wildman–Crippen MR) is 146 cm³/mol. The number of anilines is 1. The lowest BCUT2D eigenvalue weighted by atomic mass is 9.99. The fourth-order valence-corrected chi connectivity index (χ4v) is 4.62. The van der Waals surface area contributed by atoms with E-state index in [0.717, 1.165) is 12.2 Å². The molecule has 0 spiro atoms. The molecule has 1 fully saturated rings. The van der Waals surface area contributed by atoms with Crippen LogP contribution in [0.3, 0.4) is 0 Å². The predicted octanol–water partition coefficient (Wildman–Crippen LogP) is 3.83. The first-order valence-corrected chi connectivity index (χ1v) is 13.0. The van der Waals surface area contributed by atoms with Crippen LogP contribution in [0.4, 0.5) is 5.82 Å². The number of ketones is 1. The number of hydrogen-bond donors (Lipinski definition) is 4. The average Bonchev–Trinajstić information content (AvgIpc) is 3.39. The van der Waals surface area contributed by atoms with E-state index in [0.29, 0.717) is 46.8 Å². The molecule has 1 unspecified atom stereocenters. The second-order valence-corrected chi connectivity index (χ2v) is 9.68. The van der Waals surface area contributed by atoms with Crippen LogP contribution in [0, 0.1) is 0 Å². The number of amides is 1. The van der Waals surface area contributed by atoms with Gasteiger partial charge in [-0.25, -0.2) is 9.97 Å². The zero-order chi connectivity index (χ0) is 27.4. The molecular weight excluding hydrogens is 498 g/mol. The van der Waals surface area contributed by atoms with Gasteiger partial charge in [0.15, 0.2) is 5.78 Å². The maximum Gasteiger partial charge on any atom is 0.248 e. The van der Waals surface area contributed by atoms with E-state index in [1.165, 1.54) is 13.3 Å². The first-order chi connectivity index (χ1) is 18.9. The van der Waals surface area contributed by atoms with Gasteiger partial charge in [-0.05, 0) is 63.1 Å². The van der Waals surface area contributed by atoms with Gasteiger partial charge in [0.1, 0.15) is 35.4 Å². The van der Waals surface area contributed by atoms with Crippen LogP contribution in [-0.4, -0.2) is 62.6 Å². The first kappa shape index (κ1) is 26.3. The Morgan fingerprint density at radius 2 is 1.79 bits per heavy atom. The molecule has 10 heteroatoms. The third kappa shape index (κ3) is 6.08. The molecule has 0 radical (unpaired) electrons. The maximum absolute atomic E-state index is 13.5. The van der Waals surface area contributed by atoms with Crippen molar-refractivity contribution in [3.05, 3.63) is 78.2 Å². The molecule has 1 aliphatic heterocycles. The number of H-pyrrole nitrogens is 1. The van der Waals surface area contributed by atoms with Gasteiger partial charge in [-0.3, -0.25) is 9.59 Å². The van der Waals surface area contributed by atoms with Crippen LogP contribution in [0.1, 0.15) is 42.6 Å². The number of rotatable bonds is 9. The molecule has 5 rings (SSSR count). The summed E-state index contributed by atoms with van der Waals surface area (Å²) in [7, 11) is 0. The smallest absolute Gasteiger partial charge is 0.248 e. The Morgan fingerprint density at radius 3 is 2.49 bits per heavy atom. The molecule has 0 saturated carbocycles. The zero-order valence-electron chi connectivity index (χ0n) is 21.8. The molecule has 1 aliphatic rings. The molecule has 0 aliphatic carbocycles. The number of fused-ring (bicyclic) bond motifs is 1. The number of ether oxygens (including phenoxy) is 2. The normalized spacial score (nSPS) is 18.7. The van der Waals surface area contributed by atoms with Crippen LogP contribution in [0.5, 0.6) is 11.5 Å². The van der Waals surface area contributed by atoms with E-state index < -0.39 is 12.0 Å². The zero-order valence-corrected chi connectivity index (χ0v) is 21.8. The quantitative estimate of drug-likeness (QED) is 0.240. The average molecular weight is 530 g/mol. The molecule has 10 nitrogen and oxygen atoms in total. The van der Waals surface area contributed by atoms with Crippen molar-refractivity contribution in [3.63, 3.8) is 0 Å². The van der Waals surface area contributed by atoms with Crippen molar-refractivity contribution in [2.24, 2.45) is 0 Å². The van der Waals surface area contributed by atoms with Crippen molar-refractivity contribution in [2.45, 2.75) is 51.0 Å². The number of carbonyl (C=O) groups excluding carboxylic acids is 2. The number of aliphatic hydroxyl groups is 1. The van der Waals surface area contributed by atoms with Crippen molar-refractivity contribution in [2.75, 3.05) is 11.9 Å². The van der Waals surface area contributed by atoms with Gasteiger partial charge in [-0.1, -0.05) is 18.2 Å². The van der Waals surface area contributed by atoms with Crippen LogP contribution in [0.2, 0.25) is 0 Å². The molecule has 1 amide bonds. The molecule has 1 saturated heterocycles. The standard InChI is InChI=1S/C29H31N5O5/c1-17(33-29(37)18(2)35)24-13-10-20(15-38-24)34-28-25-23(14-30-27(25)31-16-32-28)26(36)19-8-11-22(12-9-19)39-21-6-4-3-5-7-21/h3-9,11-12,14,16-18,20,24,35H,10,13,15H2,1-2H3,(H,33,37)(H2,30,31,32,34)/t17-,18?,20+,24-/m0/s1. The fourth-order valence-electron chi connectivity index (χ4n) is 4.62. The highest BCUT2D eigenvalue weighted by Crippen LogP contribution is 2.29. The monoisotopic (exact) mass is 529 g/mol. The summed E-state index contributed by atoms with van der Waals surface area (Å²) in [4.78, 5) is 37.1. The second kappa shape index (κ2) is 11.6. The molecule has 2 aromatic heterocycles. The number of hydrogen-bond acceptors (Lipinski definition) is 8. The third-order valence-corrected chi connectivity index (χ3v) is 6.77. The van der Waals surface area contributed by atoms with Gasteiger partial charge in [-0.2, -0.15) is 0 Å². The minimum atomic E-state index is -1.07. The van der Waals surface area contributed by atoms with E-state index in [9.17, 15) is 14.7 Å². The number of nitrogens with one attached hydrogen (secondary N) is 3. The lowest BCUT2D eigenvalue weighted by Crippen LogP contribution is -2.49. The number of benzene rings is 2. The molecule has 4 atom stereocenters. The summed E-state index contributed by atoms with van der Waals surface area (Å²) in [5.41, 5.74) is 1.54. The first-order valence-electron chi connectivity index (χ1n) is 13.0. The Bertz CT molecular complexity index is 1430.